The highest BCUT2D eigenvalue weighted by molar-refractivity contribution is 7.89. The number of rotatable bonds is 7. The third-order valence-electron chi connectivity index (χ3n) is 5.39. The number of carboxylic acids is 1. The molecule has 0 unspecified atom stereocenters. The van der Waals surface area contributed by atoms with Crippen LogP contribution in [0.2, 0.25) is 0 Å². The topological polar surface area (TPSA) is 87.2 Å². The van der Waals surface area contributed by atoms with Crippen LogP contribution in [0.5, 0.6) is 0 Å². The zero-order valence-electron chi connectivity index (χ0n) is 18.3. The van der Waals surface area contributed by atoms with Crippen molar-refractivity contribution >= 4 is 16.0 Å². The maximum absolute atomic E-state index is 13.3. The van der Waals surface area contributed by atoms with E-state index in [1.165, 1.54) is 19.1 Å². The maximum atomic E-state index is 13.3. The van der Waals surface area contributed by atoms with E-state index in [0.717, 1.165) is 15.4 Å². The summed E-state index contributed by atoms with van der Waals surface area (Å²) in [6.45, 7) is 6.50. The number of aliphatic carboxylic acids is 1. The normalized spacial score (nSPS) is 15.7. The summed E-state index contributed by atoms with van der Waals surface area (Å²) < 4.78 is 32.9. The summed E-state index contributed by atoms with van der Waals surface area (Å²) in [7, 11) is -3.99. The average molecular weight is 457 g/mol. The van der Waals surface area contributed by atoms with Crippen LogP contribution in [0.15, 0.2) is 53.4 Å². The van der Waals surface area contributed by atoms with Gasteiger partial charge in [0.25, 0.3) is 0 Å². The summed E-state index contributed by atoms with van der Waals surface area (Å²) in [5, 5.41) is 9.48. The molecule has 0 aromatic heterocycles. The SMILES string of the molecule is Cc1ccc(C#Cc2ccc(S(=O)(=O)N(CCN3CCOCC3)[C@H](C)C(=O)O)cc2)cc1. The van der Waals surface area contributed by atoms with Crippen LogP contribution in [0.4, 0.5) is 0 Å². The van der Waals surface area contributed by atoms with Crippen LogP contribution < -0.4 is 0 Å². The number of nitrogens with zero attached hydrogens (tertiary/aromatic N) is 2. The smallest absolute Gasteiger partial charge is 0.321 e. The van der Waals surface area contributed by atoms with Crippen molar-refractivity contribution in [2.24, 2.45) is 0 Å². The second kappa shape index (κ2) is 10.7. The lowest BCUT2D eigenvalue weighted by Crippen LogP contribution is -2.48. The molecule has 3 rings (SSSR count). The Morgan fingerprint density at radius 1 is 1.06 bits per heavy atom. The Hall–Kier alpha value is -2.70. The van der Waals surface area contributed by atoms with Crippen LogP contribution in [0.1, 0.15) is 23.6 Å². The summed E-state index contributed by atoms with van der Waals surface area (Å²) in [6, 6.07) is 12.9. The number of sulfonamides is 1. The van der Waals surface area contributed by atoms with Crippen LogP contribution in [0.25, 0.3) is 0 Å². The van der Waals surface area contributed by atoms with E-state index in [1.807, 2.05) is 31.2 Å². The van der Waals surface area contributed by atoms with Gasteiger partial charge in [0.05, 0.1) is 18.1 Å². The fraction of sp³-hybridized carbons (Fsp3) is 0.375. The summed E-state index contributed by atoms with van der Waals surface area (Å²) >= 11 is 0. The summed E-state index contributed by atoms with van der Waals surface area (Å²) in [6.07, 6.45) is 0. The summed E-state index contributed by atoms with van der Waals surface area (Å²) in [5.41, 5.74) is 2.70. The number of carbonyl (C=O) groups is 1. The van der Waals surface area contributed by atoms with Crippen molar-refractivity contribution in [1.29, 1.82) is 0 Å². The van der Waals surface area contributed by atoms with Crippen molar-refractivity contribution in [3.8, 4) is 11.8 Å². The number of benzene rings is 2. The van der Waals surface area contributed by atoms with Crippen LogP contribution in [0.3, 0.4) is 0 Å². The predicted molar refractivity (Wildman–Crippen MR) is 122 cm³/mol. The van der Waals surface area contributed by atoms with Gasteiger partial charge >= 0.3 is 5.97 Å². The molecule has 1 aliphatic heterocycles. The fourth-order valence-corrected chi connectivity index (χ4v) is 4.92. The molecule has 1 aliphatic rings. The van der Waals surface area contributed by atoms with E-state index in [4.69, 9.17) is 4.74 Å². The van der Waals surface area contributed by atoms with E-state index < -0.39 is 22.0 Å². The second-order valence-electron chi connectivity index (χ2n) is 7.72. The lowest BCUT2D eigenvalue weighted by Gasteiger charge is -2.31. The first-order valence-electron chi connectivity index (χ1n) is 10.5. The van der Waals surface area contributed by atoms with Crippen molar-refractivity contribution in [1.82, 2.24) is 9.21 Å². The van der Waals surface area contributed by atoms with Crippen molar-refractivity contribution < 1.29 is 23.1 Å². The number of hydrogen-bond acceptors (Lipinski definition) is 5. The molecule has 1 N–H and O–H groups in total. The molecular formula is C24H28N2O5S. The maximum Gasteiger partial charge on any atom is 0.321 e. The van der Waals surface area contributed by atoms with Gasteiger partial charge in [0.1, 0.15) is 6.04 Å². The van der Waals surface area contributed by atoms with Crippen molar-refractivity contribution in [3.05, 3.63) is 65.2 Å². The van der Waals surface area contributed by atoms with Gasteiger partial charge in [-0.15, -0.1) is 0 Å². The van der Waals surface area contributed by atoms with Gasteiger partial charge in [-0.05, 0) is 50.2 Å². The van der Waals surface area contributed by atoms with Crippen LogP contribution in [0, 0.1) is 18.8 Å². The van der Waals surface area contributed by atoms with Gasteiger partial charge in [-0.1, -0.05) is 29.5 Å². The Morgan fingerprint density at radius 2 is 1.59 bits per heavy atom. The van der Waals surface area contributed by atoms with Gasteiger partial charge in [-0.3, -0.25) is 9.69 Å². The minimum Gasteiger partial charge on any atom is -0.480 e. The number of carboxylic acid groups (broad SMARTS) is 1. The molecule has 1 fully saturated rings. The number of morpholine rings is 1. The molecule has 170 valence electrons. The lowest BCUT2D eigenvalue weighted by atomic mass is 10.1. The average Bonchev–Trinajstić information content (AvgIpc) is 2.79. The van der Waals surface area contributed by atoms with Crippen LogP contribution >= 0.6 is 0 Å². The number of hydrogen-bond donors (Lipinski definition) is 1. The Morgan fingerprint density at radius 3 is 2.12 bits per heavy atom. The number of aryl methyl sites for hydroxylation is 1. The molecule has 0 radical (unpaired) electrons. The Kier molecular flexibility index (Phi) is 8.04. The molecule has 0 aliphatic carbocycles. The molecule has 0 spiro atoms. The molecule has 0 amide bonds. The Labute approximate surface area is 189 Å². The molecule has 32 heavy (non-hydrogen) atoms. The van der Waals surface area contributed by atoms with Crippen molar-refractivity contribution in [3.63, 3.8) is 0 Å². The molecule has 2 aromatic carbocycles. The Bertz CT molecular complexity index is 1080. The quantitative estimate of drug-likeness (QED) is 0.643. The predicted octanol–water partition coefficient (Wildman–Crippen LogP) is 2.19. The van der Waals surface area contributed by atoms with E-state index in [0.29, 0.717) is 38.4 Å². The van der Waals surface area contributed by atoms with Crippen molar-refractivity contribution in [2.45, 2.75) is 24.8 Å². The minimum absolute atomic E-state index is 0.0495. The third-order valence-corrected chi connectivity index (χ3v) is 7.38. The molecule has 8 heteroatoms. The van der Waals surface area contributed by atoms with Crippen LogP contribution in [-0.2, 0) is 19.6 Å². The van der Waals surface area contributed by atoms with E-state index in [2.05, 4.69) is 16.7 Å². The van der Waals surface area contributed by atoms with Crippen LogP contribution in [-0.4, -0.2) is 74.1 Å². The van der Waals surface area contributed by atoms with Gasteiger partial charge in [0.2, 0.25) is 10.0 Å². The highest BCUT2D eigenvalue weighted by atomic mass is 32.2. The standard InChI is InChI=1S/C24H28N2O5S/c1-19-3-5-21(6-4-19)7-8-22-9-11-23(12-10-22)32(29,30)26(20(2)24(27)28)14-13-25-15-17-31-18-16-25/h3-6,9-12,20H,13-18H2,1-2H3,(H,27,28)/t20-/m1/s1. The van der Waals surface area contributed by atoms with Gasteiger partial charge in [0, 0.05) is 37.3 Å². The molecule has 1 heterocycles. The second-order valence-corrected chi connectivity index (χ2v) is 9.61. The van der Waals surface area contributed by atoms with E-state index in [9.17, 15) is 18.3 Å². The first-order valence-corrected chi connectivity index (χ1v) is 11.9. The van der Waals surface area contributed by atoms with Gasteiger partial charge in [-0.25, -0.2) is 8.42 Å². The zero-order chi connectivity index (χ0) is 23.1. The highest BCUT2D eigenvalue weighted by Crippen LogP contribution is 2.19. The third kappa shape index (κ3) is 6.17. The molecule has 1 atom stereocenters. The summed E-state index contributed by atoms with van der Waals surface area (Å²) in [5.74, 6) is 4.90. The molecule has 1 saturated heterocycles. The van der Waals surface area contributed by atoms with Gasteiger partial charge in [-0.2, -0.15) is 4.31 Å². The molecule has 0 saturated carbocycles. The molecule has 7 nitrogen and oxygen atoms in total. The summed E-state index contributed by atoms with van der Waals surface area (Å²) in [4.78, 5) is 13.7. The van der Waals surface area contributed by atoms with Gasteiger partial charge in [0.15, 0.2) is 0 Å². The van der Waals surface area contributed by atoms with E-state index in [1.54, 1.807) is 12.1 Å². The molecule has 0 bridgehead atoms. The zero-order valence-corrected chi connectivity index (χ0v) is 19.1. The fourth-order valence-electron chi connectivity index (χ4n) is 3.34. The molecular weight excluding hydrogens is 428 g/mol. The highest BCUT2D eigenvalue weighted by Gasteiger charge is 2.33. The largest absolute Gasteiger partial charge is 0.480 e. The lowest BCUT2D eigenvalue weighted by molar-refractivity contribution is -0.141. The van der Waals surface area contributed by atoms with E-state index in [-0.39, 0.29) is 11.4 Å². The first kappa shape index (κ1) is 24.0. The minimum atomic E-state index is -3.99. The number of ether oxygens (including phenoxy) is 1. The monoisotopic (exact) mass is 456 g/mol. The molecule has 2 aromatic rings. The van der Waals surface area contributed by atoms with E-state index >= 15 is 0 Å². The van der Waals surface area contributed by atoms with Gasteiger partial charge < -0.3 is 9.84 Å². The first-order chi connectivity index (χ1) is 15.3. The van der Waals surface area contributed by atoms with Crippen molar-refractivity contribution in [2.75, 3.05) is 39.4 Å². The Balaban J connectivity index is 1.77.